The summed E-state index contributed by atoms with van der Waals surface area (Å²) in [4.78, 5) is 31.2. The maximum atomic E-state index is 12.1. The normalized spacial score (nSPS) is 11.8. The minimum Gasteiger partial charge on any atom is -0.744 e. The molecule has 0 aromatic heterocycles. The largest absolute Gasteiger partial charge is 0.744 e. The number of hydrogen-bond donors (Lipinski definition) is 0. The Hall–Kier alpha value is -9.58. The summed E-state index contributed by atoms with van der Waals surface area (Å²) in [6, 6.07) is 81.9. The van der Waals surface area contributed by atoms with E-state index in [0.29, 0.717) is 59.7 Å². The van der Waals surface area contributed by atoms with Crippen LogP contribution in [0, 0.1) is 13.8 Å². The number of carbonyl (C=O) groups is 2. The Morgan fingerprint density at radius 2 is 0.764 bits per heavy atom. The van der Waals surface area contributed by atoms with E-state index in [1.165, 1.54) is 106 Å². The topological polar surface area (TPSA) is 222 Å². The number of fused-ring (bicyclic) bond motifs is 1. The van der Waals surface area contributed by atoms with Gasteiger partial charge in [-0.15, -0.1) is 0 Å². The highest BCUT2D eigenvalue weighted by atomic mass is 32.2. The molecule has 16 nitrogen and oxygen atoms in total. The van der Waals surface area contributed by atoms with Crippen LogP contribution >= 0.6 is 0 Å². The summed E-state index contributed by atoms with van der Waals surface area (Å²) >= 11 is 0. The highest BCUT2D eigenvalue weighted by molar-refractivity contribution is 7.97. The Balaban J connectivity index is 0.000000180. The molecule has 11 aromatic rings. The molecule has 2 unspecified atom stereocenters. The van der Waals surface area contributed by atoms with E-state index in [0.717, 1.165) is 31.6 Å². The van der Waals surface area contributed by atoms with Gasteiger partial charge in [0.1, 0.15) is 37.5 Å². The molecule has 106 heavy (non-hydrogen) atoms. The SMILES string of the molecule is CCC(C)c1ccc(OCC(=O)Oc2ccc(S(=O)(=O)[O-])cc2OC)cc1.CCC(C)c1ccc(OCC(=O)Oc2ccc3cc(S(=O)(=O)[O-])ccc3c2)cc1.CCOCc1ccc([S+](c2ccc(COC)cc2)c2ccc(COC)cc2)cc1.Cc1ccc([S+](c2ccccc2)c2ccc(C)cc2)cc1. The number of aryl methyl sites for hydroxylation is 2. The van der Waals surface area contributed by atoms with Gasteiger partial charge in [0.25, 0.3) is 0 Å². The molecule has 0 heterocycles. The Morgan fingerprint density at radius 3 is 1.17 bits per heavy atom. The van der Waals surface area contributed by atoms with Gasteiger partial charge in [0.15, 0.2) is 54.1 Å². The number of benzene rings is 11. The fraction of sp³-hybridized carbons (Fsp3) is 0.233. The molecule has 0 spiro atoms. The van der Waals surface area contributed by atoms with Crippen molar-refractivity contribution in [3.63, 3.8) is 0 Å². The Labute approximate surface area is 629 Å². The van der Waals surface area contributed by atoms with Gasteiger partial charge in [-0.25, -0.2) is 26.4 Å². The molecule has 0 aliphatic rings. The first-order chi connectivity index (χ1) is 51.0. The molecule has 11 aromatic carbocycles. The van der Waals surface area contributed by atoms with E-state index in [4.69, 9.17) is 37.9 Å². The predicted molar refractivity (Wildman–Crippen MR) is 415 cm³/mol. The van der Waals surface area contributed by atoms with Crippen LogP contribution < -0.4 is 23.7 Å². The summed E-state index contributed by atoms with van der Waals surface area (Å²) in [7, 11) is -4.64. The van der Waals surface area contributed by atoms with Gasteiger partial charge < -0.3 is 47.0 Å². The van der Waals surface area contributed by atoms with Crippen LogP contribution in [0.2, 0.25) is 0 Å². The lowest BCUT2D eigenvalue weighted by molar-refractivity contribution is -0.137. The van der Waals surface area contributed by atoms with Crippen molar-refractivity contribution in [2.45, 2.75) is 132 Å². The minimum atomic E-state index is -4.63. The van der Waals surface area contributed by atoms with Gasteiger partial charge in [-0.3, -0.25) is 0 Å². The summed E-state index contributed by atoms with van der Waals surface area (Å²) in [5.41, 5.74) is 8.57. The van der Waals surface area contributed by atoms with Crippen molar-refractivity contribution in [1.82, 2.24) is 0 Å². The monoisotopic (exact) mass is 1510 g/mol. The second-order valence-electron chi connectivity index (χ2n) is 24.7. The van der Waals surface area contributed by atoms with Crippen LogP contribution in [0.25, 0.3) is 10.8 Å². The third-order valence-corrected chi connectivity index (χ3v) is 23.0. The first kappa shape index (κ1) is 82.1. The van der Waals surface area contributed by atoms with E-state index in [2.05, 4.69) is 193 Å². The molecule has 20 heteroatoms. The molecule has 0 bridgehead atoms. The predicted octanol–water partition coefficient (Wildman–Crippen LogP) is 18.3. The molecule has 0 aliphatic heterocycles. The maximum absolute atomic E-state index is 12.1. The van der Waals surface area contributed by atoms with Gasteiger partial charge in [0.05, 0.1) is 58.5 Å². The van der Waals surface area contributed by atoms with Crippen LogP contribution in [-0.4, -0.2) is 79.0 Å². The van der Waals surface area contributed by atoms with Crippen LogP contribution in [0.4, 0.5) is 0 Å². The van der Waals surface area contributed by atoms with E-state index in [1.54, 1.807) is 38.5 Å². The molecular weight excluding hydrogens is 1420 g/mol. The lowest BCUT2D eigenvalue weighted by atomic mass is 9.99. The van der Waals surface area contributed by atoms with Gasteiger partial charge in [-0.1, -0.05) is 154 Å². The molecule has 0 aliphatic carbocycles. The Bertz CT molecular complexity index is 4700. The van der Waals surface area contributed by atoms with Crippen LogP contribution in [-0.2, 0) is 85.6 Å². The van der Waals surface area contributed by atoms with Crippen molar-refractivity contribution < 1.29 is 73.4 Å². The maximum Gasteiger partial charge on any atom is 0.349 e. The summed E-state index contributed by atoms with van der Waals surface area (Å²) in [5.74, 6) is 1.01. The molecule has 0 N–H and O–H groups in total. The lowest BCUT2D eigenvalue weighted by Crippen LogP contribution is -2.18. The molecule has 0 fully saturated rings. The number of methoxy groups -OCH3 is 3. The molecule has 554 valence electrons. The second-order valence-corrected chi connectivity index (χ2v) is 31.5. The molecule has 0 amide bonds. The Morgan fingerprint density at radius 1 is 0.396 bits per heavy atom. The summed E-state index contributed by atoms with van der Waals surface area (Å²) < 4.78 is 109. The highest BCUT2D eigenvalue weighted by Gasteiger charge is 2.30. The van der Waals surface area contributed by atoms with Crippen LogP contribution in [0.1, 0.15) is 98.2 Å². The molecular formula is C86H90O16S4. The quantitative estimate of drug-likeness (QED) is 0.0192. The fourth-order valence-corrected chi connectivity index (χ4v) is 15.7. The van der Waals surface area contributed by atoms with Crippen molar-refractivity contribution >= 4 is 64.7 Å². The standard InChI is InChI=1S/C25H29O3S.C22H22O6S.C20H19S.C19H22O7S/c1-4-28-19-22-9-15-25(16-10-22)29(23-11-5-20(6-12-23)17-26-2)24-13-7-21(8-14-24)18-27-3;1-3-15(2)16-4-8-19(9-5-16)27-14-22(23)28-20-10-6-18-13-21(29(24,25)26)11-7-17(18)12-20;1-16-8-12-19(13-9-16)21(18-6-4-3-5-7-18)20-14-10-17(2)11-15-20;1-4-13(2)14-5-7-15(8-6-14)25-12-19(20)26-17-10-9-16(27(21,22)23)11-18(17)24-3/h5-16H,4,17-19H2,1-3H3;4-13,15H,3,14H2,1-2H3,(H,24,25,26);3-15H,1-2H3;5-11,13H,4,12H2,1-3H3,(H,21,22,23)/q+1;;+1;/p-2. The average molecular weight is 1510 g/mol. The molecule has 0 radical (unpaired) electrons. The fourth-order valence-electron chi connectivity index (χ4n) is 10.6. The van der Waals surface area contributed by atoms with Gasteiger partial charge in [0, 0.05) is 26.9 Å². The Kier molecular flexibility index (Phi) is 31.6. The zero-order chi connectivity index (χ0) is 76.2. The molecule has 0 saturated carbocycles. The van der Waals surface area contributed by atoms with E-state index in [-0.39, 0.29) is 51.4 Å². The number of rotatable bonds is 28. The van der Waals surface area contributed by atoms with Crippen molar-refractivity contribution in [1.29, 1.82) is 0 Å². The van der Waals surface area contributed by atoms with E-state index >= 15 is 0 Å². The van der Waals surface area contributed by atoms with Crippen molar-refractivity contribution in [2.24, 2.45) is 0 Å². The zero-order valence-electron chi connectivity index (χ0n) is 61.2. The number of hydrogen-bond acceptors (Lipinski definition) is 16. The average Bonchev–Trinajstić information content (AvgIpc) is 0.768. The number of ether oxygens (including phenoxy) is 8. The molecule has 2 atom stereocenters. The number of esters is 2. The van der Waals surface area contributed by atoms with Crippen LogP contribution in [0.3, 0.4) is 0 Å². The lowest BCUT2D eigenvalue weighted by Gasteiger charge is -2.13. The van der Waals surface area contributed by atoms with Crippen molar-refractivity contribution in [3.8, 4) is 28.7 Å². The van der Waals surface area contributed by atoms with E-state index in [9.17, 15) is 35.5 Å². The van der Waals surface area contributed by atoms with Gasteiger partial charge in [0.2, 0.25) is 0 Å². The molecule has 0 saturated heterocycles. The van der Waals surface area contributed by atoms with Gasteiger partial charge in [-0.05, 0) is 217 Å². The van der Waals surface area contributed by atoms with Gasteiger partial charge >= 0.3 is 11.9 Å². The van der Waals surface area contributed by atoms with Crippen molar-refractivity contribution in [2.75, 3.05) is 41.2 Å². The highest BCUT2D eigenvalue weighted by Crippen LogP contribution is 2.35. The second kappa shape index (κ2) is 40.8. The summed E-state index contributed by atoms with van der Waals surface area (Å²) in [6.45, 7) is 16.9. The smallest absolute Gasteiger partial charge is 0.349 e. The minimum absolute atomic E-state index is 0.00869. The summed E-state index contributed by atoms with van der Waals surface area (Å²) in [6.07, 6.45) is 2.08. The summed E-state index contributed by atoms with van der Waals surface area (Å²) in [5, 5.41) is 1.20. The van der Waals surface area contributed by atoms with Crippen LogP contribution in [0.15, 0.2) is 294 Å². The van der Waals surface area contributed by atoms with Crippen molar-refractivity contribution in [3.05, 3.63) is 294 Å². The number of carbonyl (C=O) groups excluding carboxylic acids is 2. The zero-order valence-corrected chi connectivity index (χ0v) is 64.5. The third-order valence-electron chi connectivity index (χ3n) is 16.9. The third kappa shape index (κ3) is 25.0. The first-order valence-electron chi connectivity index (χ1n) is 34.5. The molecule has 11 rings (SSSR count). The van der Waals surface area contributed by atoms with E-state index in [1.807, 2.05) is 43.3 Å². The first-order valence-corrected chi connectivity index (χ1v) is 39.8. The van der Waals surface area contributed by atoms with E-state index < -0.39 is 37.1 Å². The van der Waals surface area contributed by atoms with Gasteiger partial charge in [-0.2, -0.15) is 0 Å². The van der Waals surface area contributed by atoms with Crippen LogP contribution in [0.5, 0.6) is 28.7 Å².